The SMILES string of the molecule is CNCc1cc(OC)ccc1OCc1c(C)nn(C)c1Cl. The predicted octanol–water partition coefficient (Wildman–Crippen LogP) is 2.69. The standard InChI is InChI=1S/C15H20ClN3O2/c1-10-13(15(16)19(3)18-10)9-21-14-6-5-12(20-4)7-11(14)8-17-2/h5-7,17H,8-9H2,1-4H3. The molecule has 5 nitrogen and oxygen atoms in total. The van der Waals surface area contributed by atoms with Crippen LogP contribution in [0.15, 0.2) is 18.2 Å². The van der Waals surface area contributed by atoms with E-state index < -0.39 is 0 Å². The van der Waals surface area contributed by atoms with Crippen molar-refractivity contribution in [2.45, 2.75) is 20.1 Å². The Kier molecular flexibility index (Phi) is 5.09. The van der Waals surface area contributed by atoms with Crippen molar-refractivity contribution in [2.75, 3.05) is 14.2 Å². The first kappa shape index (κ1) is 15.7. The molecule has 0 spiro atoms. The van der Waals surface area contributed by atoms with Crippen LogP contribution in [0.4, 0.5) is 0 Å². The molecule has 0 saturated heterocycles. The van der Waals surface area contributed by atoms with Crippen molar-refractivity contribution in [3.63, 3.8) is 0 Å². The molecule has 114 valence electrons. The van der Waals surface area contributed by atoms with E-state index in [0.29, 0.717) is 18.3 Å². The summed E-state index contributed by atoms with van der Waals surface area (Å²) in [5, 5.41) is 8.01. The number of benzene rings is 1. The van der Waals surface area contributed by atoms with Gasteiger partial charge in [0.2, 0.25) is 0 Å². The zero-order valence-corrected chi connectivity index (χ0v) is 13.5. The number of nitrogens with zero attached hydrogens (tertiary/aromatic N) is 2. The highest BCUT2D eigenvalue weighted by molar-refractivity contribution is 6.30. The van der Waals surface area contributed by atoms with Gasteiger partial charge in [-0.3, -0.25) is 4.68 Å². The average Bonchev–Trinajstić information content (AvgIpc) is 2.71. The molecule has 0 aliphatic rings. The molecule has 0 radical (unpaired) electrons. The second-order valence-electron chi connectivity index (χ2n) is 4.77. The van der Waals surface area contributed by atoms with Gasteiger partial charge < -0.3 is 14.8 Å². The molecule has 0 fully saturated rings. The van der Waals surface area contributed by atoms with Crippen LogP contribution in [0.5, 0.6) is 11.5 Å². The summed E-state index contributed by atoms with van der Waals surface area (Å²) in [5.74, 6) is 1.62. The Balaban J connectivity index is 2.19. The van der Waals surface area contributed by atoms with E-state index in [0.717, 1.165) is 28.3 Å². The molecule has 0 unspecified atom stereocenters. The molecule has 6 heteroatoms. The van der Waals surface area contributed by atoms with Crippen molar-refractivity contribution in [3.8, 4) is 11.5 Å². The van der Waals surface area contributed by atoms with E-state index in [-0.39, 0.29) is 0 Å². The lowest BCUT2D eigenvalue weighted by Crippen LogP contribution is -2.08. The maximum atomic E-state index is 6.22. The third-order valence-electron chi connectivity index (χ3n) is 3.28. The van der Waals surface area contributed by atoms with Gasteiger partial charge in [0.1, 0.15) is 23.3 Å². The number of hydrogen-bond acceptors (Lipinski definition) is 4. The summed E-state index contributed by atoms with van der Waals surface area (Å²) in [5.41, 5.74) is 2.83. The highest BCUT2D eigenvalue weighted by Crippen LogP contribution is 2.26. The van der Waals surface area contributed by atoms with E-state index in [1.165, 1.54) is 0 Å². The number of rotatable bonds is 6. The van der Waals surface area contributed by atoms with Crippen molar-refractivity contribution in [1.82, 2.24) is 15.1 Å². The van der Waals surface area contributed by atoms with Crippen LogP contribution in [-0.4, -0.2) is 23.9 Å². The second-order valence-corrected chi connectivity index (χ2v) is 5.13. The molecule has 0 amide bonds. The Morgan fingerprint density at radius 1 is 1.38 bits per heavy atom. The lowest BCUT2D eigenvalue weighted by Gasteiger charge is -2.13. The molecular formula is C15H20ClN3O2. The second kappa shape index (κ2) is 6.83. The average molecular weight is 310 g/mol. The van der Waals surface area contributed by atoms with Crippen molar-refractivity contribution >= 4 is 11.6 Å². The van der Waals surface area contributed by atoms with Crippen LogP contribution in [0, 0.1) is 6.92 Å². The van der Waals surface area contributed by atoms with Gasteiger partial charge in [0, 0.05) is 24.7 Å². The third-order valence-corrected chi connectivity index (χ3v) is 3.75. The van der Waals surface area contributed by atoms with Crippen molar-refractivity contribution in [2.24, 2.45) is 7.05 Å². The monoisotopic (exact) mass is 309 g/mol. The lowest BCUT2D eigenvalue weighted by molar-refractivity contribution is 0.300. The number of methoxy groups -OCH3 is 1. The quantitative estimate of drug-likeness (QED) is 0.891. The maximum Gasteiger partial charge on any atom is 0.133 e. The van der Waals surface area contributed by atoms with Gasteiger partial charge >= 0.3 is 0 Å². The molecule has 1 aromatic carbocycles. The van der Waals surface area contributed by atoms with Gasteiger partial charge in [0.05, 0.1) is 12.8 Å². The molecular weight excluding hydrogens is 290 g/mol. The van der Waals surface area contributed by atoms with Gasteiger partial charge in [0.25, 0.3) is 0 Å². The summed E-state index contributed by atoms with van der Waals surface area (Å²) in [6, 6.07) is 5.75. The molecule has 2 rings (SSSR count). The van der Waals surface area contributed by atoms with Gasteiger partial charge in [-0.2, -0.15) is 5.10 Å². The first-order chi connectivity index (χ1) is 10.1. The van der Waals surface area contributed by atoms with E-state index in [9.17, 15) is 0 Å². The Morgan fingerprint density at radius 2 is 2.14 bits per heavy atom. The first-order valence-corrected chi connectivity index (χ1v) is 7.07. The summed E-state index contributed by atoms with van der Waals surface area (Å²) >= 11 is 6.22. The van der Waals surface area contributed by atoms with Crippen LogP contribution in [0.2, 0.25) is 5.15 Å². The van der Waals surface area contributed by atoms with Crippen LogP contribution in [-0.2, 0) is 20.2 Å². The van der Waals surface area contributed by atoms with Gasteiger partial charge in [-0.15, -0.1) is 0 Å². The minimum Gasteiger partial charge on any atom is -0.497 e. The molecule has 0 atom stereocenters. The number of halogens is 1. The van der Waals surface area contributed by atoms with Crippen LogP contribution in [0.25, 0.3) is 0 Å². The summed E-state index contributed by atoms with van der Waals surface area (Å²) in [6.07, 6.45) is 0. The Labute approximate surface area is 129 Å². The molecule has 0 bridgehead atoms. The fraction of sp³-hybridized carbons (Fsp3) is 0.400. The van der Waals surface area contributed by atoms with Gasteiger partial charge in [0.15, 0.2) is 0 Å². The normalized spacial score (nSPS) is 10.7. The number of nitrogens with one attached hydrogen (secondary N) is 1. The van der Waals surface area contributed by atoms with Crippen molar-refractivity contribution in [3.05, 3.63) is 40.2 Å². The third kappa shape index (κ3) is 3.49. The van der Waals surface area contributed by atoms with E-state index in [4.69, 9.17) is 21.1 Å². The van der Waals surface area contributed by atoms with E-state index in [2.05, 4.69) is 10.4 Å². The zero-order chi connectivity index (χ0) is 15.4. The molecule has 1 aromatic heterocycles. The molecule has 21 heavy (non-hydrogen) atoms. The Hall–Kier alpha value is -1.72. The fourth-order valence-electron chi connectivity index (χ4n) is 2.14. The summed E-state index contributed by atoms with van der Waals surface area (Å²) in [4.78, 5) is 0. The molecule has 0 saturated carbocycles. The highest BCUT2D eigenvalue weighted by Gasteiger charge is 2.13. The molecule has 1 N–H and O–H groups in total. The largest absolute Gasteiger partial charge is 0.497 e. The van der Waals surface area contributed by atoms with E-state index >= 15 is 0 Å². The minimum atomic E-state index is 0.390. The summed E-state index contributed by atoms with van der Waals surface area (Å²) in [7, 11) is 5.36. The fourth-order valence-corrected chi connectivity index (χ4v) is 2.37. The zero-order valence-electron chi connectivity index (χ0n) is 12.7. The van der Waals surface area contributed by atoms with Gasteiger partial charge in [-0.25, -0.2) is 0 Å². The van der Waals surface area contributed by atoms with Gasteiger partial charge in [-0.05, 0) is 32.2 Å². The lowest BCUT2D eigenvalue weighted by atomic mass is 10.2. The van der Waals surface area contributed by atoms with Gasteiger partial charge in [-0.1, -0.05) is 11.6 Å². The van der Waals surface area contributed by atoms with Crippen molar-refractivity contribution in [1.29, 1.82) is 0 Å². The molecule has 0 aliphatic heterocycles. The maximum absolute atomic E-state index is 6.22. The minimum absolute atomic E-state index is 0.390. The Bertz CT molecular complexity index is 626. The van der Waals surface area contributed by atoms with Crippen LogP contribution in [0.3, 0.4) is 0 Å². The topological polar surface area (TPSA) is 48.3 Å². The number of aryl methyl sites for hydroxylation is 2. The van der Waals surface area contributed by atoms with E-state index in [1.807, 2.05) is 39.2 Å². The molecule has 0 aliphatic carbocycles. The highest BCUT2D eigenvalue weighted by atomic mass is 35.5. The number of ether oxygens (including phenoxy) is 2. The number of aromatic nitrogens is 2. The first-order valence-electron chi connectivity index (χ1n) is 6.69. The van der Waals surface area contributed by atoms with Crippen LogP contribution >= 0.6 is 11.6 Å². The van der Waals surface area contributed by atoms with Crippen LogP contribution < -0.4 is 14.8 Å². The van der Waals surface area contributed by atoms with E-state index in [1.54, 1.807) is 11.8 Å². The van der Waals surface area contributed by atoms with Crippen molar-refractivity contribution < 1.29 is 9.47 Å². The number of hydrogen-bond donors (Lipinski definition) is 1. The summed E-state index contributed by atoms with van der Waals surface area (Å²) in [6.45, 7) is 3.01. The molecule has 1 heterocycles. The predicted molar refractivity (Wildman–Crippen MR) is 83.0 cm³/mol. The summed E-state index contributed by atoms with van der Waals surface area (Å²) < 4.78 is 12.8. The molecule has 2 aromatic rings. The Morgan fingerprint density at radius 3 is 2.71 bits per heavy atom. The smallest absolute Gasteiger partial charge is 0.133 e. The van der Waals surface area contributed by atoms with Crippen LogP contribution in [0.1, 0.15) is 16.8 Å².